The second-order valence-corrected chi connectivity index (χ2v) is 9.23. The molecule has 5 rings (SSSR count). The highest BCUT2D eigenvalue weighted by Crippen LogP contribution is 2.39. The van der Waals surface area contributed by atoms with E-state index in [-0.39, 0.29) is 11.6 Å². The Kier molecular flexibility index (Phi) is 5.11. The molecule has 6 nitrogen and oxygen atoms in total. The second-order valence-electron chi connectivity index (χ2n) is 9.23. The highest BCUT2D eigenvalue weighted by atomic mass is 16.4. The van der Waals surface area contributed by atoms with Crippen molar-refractivity contribution in [3.63, 3.8) is 0 Å². The van der Waals surface area contributed by atoms with Gasteiger partial charge in [0.1, 0.15) is 0 Å². The summed E-state index contributed by atoms with van der Waals surface area (Å²) in [7, 11) is 0. The third-order valence-electron chi connectivity index (χ3n) is 6.85. The zero-order chi connectivity index (χ0) is 20.7. The fraction of sp³-hybridized carbons (Fsp3) is 0.458. The van der Waals surface area contributed by atoms with Crippen molar-refractivity contribution in [1.82, 2.24) is 14.7 Å². The number of nitrogens with zero attached hydrogens (tertiary/aromatic N) is 3. The largest absolute Gasteiger partial charge is 0.478 e. The Morgan fingerprint density at radius 3 is 2.40 bits per heavy atom. The van der Waals surface area contributed by atoms with Crippen molar-refractivity contribution in [1.29, 1.82) is 0 Å². The van der Waals surface area contributed by atoms with Gasteiger partial charge in [-0.15, -0.1) is 0 Å². The number of carboxylic acid groups (broad SMARTS) is 1. The standard InChI is InChI=1S/C24H29N3O3/c28-22-10-21-13-25(12-19-7-4-8-20(9-19)23(29)30)15-24(27(21)14-22)16-26(17-24)11-18-5-2-1-3-6-18/h1-9,21-22,28H,10-17H2,(H,29,30)/t21-,22-/m1/s1. The summed E-state index contributed by atoms with van der Waals surface area (Å²) in [5, 5.41) is 19.6. The van der Waals surface area contributed by atoms with Crippen LogP contribution >= 0.6 is 0 Å². The Balaban J connectivity index is 1.30. The van der Waals surface area contributed by atoms with Gasteiger partial charge in [0.25, 0.3) is 0 Å². The summed E-state index contributed by atoms with van der Waals surface area (Å²) in [6.45, 7) is 6.39. The Labute approximate surface area is 177 Å². The van der Waals surface area contributed by atoms with Gasteiger partial charge in [0.05, 0.1) is 17.2 Å². The van der Waals surface area contributed by atoms with Crippen LogP contribution in [-0.2, 0) is 13.1 Å². The van der Waals surface area contributed by atoms with E-state index in [1.165, 1.54) is 5.56 Å². The molecule has 6 heteroatoms. The van der Waals surface area contributed by atoms with Crippen LogP contribution in [0, 0.1) is 0 Å². The van der Waals surface area contributed by atoms with Crippen LogP contribution < -0.4 is 0 Å². The first-order chi connectivity index (χ1) is 14.5. The Morgan fingerprint density at radius 1 is 0.933 bits per heavy atom. The molecule has 2 N–H and O–H groups in total. The molecule has 0 amide bonds. The fourth-order valence-corrected chi connectivity index (χ4v) is 5.72. The van der Waals surface area contributed by atoms with Gasteiger partial charge >= 0.3 is 5.97 Å². The number of hydrogen-bond donors (Lipinski definition) is 2. The smallest absolute Gasteiger partial charge is 0.335 e. The number of hydrogen-bond acceptors (Lipinski definition) is 5. The second kappa shape index (κ2) is 7.78. The molecule has 0 bridgehead atoms. The summed E-state index contributed by atoms with van der Waals surface area (Å²) in [6.07, 6.45) is 0.580. The minimum atomic E-state index is -0.882. The van der Waals surface area contributed by atoms with Gasteiger partial charge in [-0.05, 0) is 29.7 Å². The predicted octanol–water partition coefficient (Wildman–Crippen LogP) is 1.89. The fourth-order valence-electron chi connectivity index (χ4n) is 5.72. The summed E-state index contributed by atoms with van der Waals surface area (Å²) in [6, 6.07) is 18.2. The molecular weight excluding hydrogens is 378 g/mol. The highest BCUT2D eigenvalue weighted by Gasteiger charge is 2.55. The van der Waals surface area contributed by atoms with E-state index in [0.717, 1.165) is 57.8 Å². The highest BCUT2D eigenvalue weighted by molar-refractivity contribution is 5.87. The van der Waals surface area contributed by atoms with Crippen molar-refractivity contribution < 1.29 is 15.0 Å². The summed E-state index contributed by atoms with van der Waals surface area (Å²) < 4.78 is 0. The number of carboxylic acids is 1. The van der Waals surface area contributed by atoms with Crippen LogP contribution in [0.2, 0.25) is 0 Å². The van der Waals surface area contributed by atoms with Gasteiger partial charge in [0, 0.05) is 51.9 Å². The quantitative estimate of drug-likeness (QED) is 0.789. The molecule has 0 radical (unpaired) electrons. The molecule has 3 aliphatic heterocycles. The van der Waals surface area contributed by atoms with Gasteiger partial charge in [-0.1, -0.05) is 42.5 Å². The topological polar surface area (TPSA) is 67.2 Å². The van der Waals surface area contributed by atoms with Crippen LogP contribution in [0.4, 0.5) is 0 Å². The number of piperazine rings is 1. The molecule has 0 aromatic heterocycles. The van der Waals surface area contributed by atoms with Crippen LogP contribution in [0.15, 0.2) is 54.6 Å². The van der Waals surface area contributed by atoms with Gasteiger partial charge < -0.3 is 10.2 Å². The van der Waals surface area contributed by atoms with Crippen molar-refractivity contribution in [3.05, 3.63) is 71.3 Å². The first kappa shape index (κ1) is 19.7. The monoisotopic (exact) mass is 407 g/mol. The maximum atomic E-state index is 11.3. The Hall–Kier alpha value is -2.25. The van der Waals surface area contributed by atoms with E-state index in [4.69, 9.17) is 0 Å². The van der Waals surface area contributed by atoms with E-state index < -0.39 is 5.97 Å². The number of aliphatic hydroxyl groups excluding tert-OH is 1. The average molecular weight is 408 g/mol. The molecule has 0 aliphatic carbocycles. The number of β-amino-alcohol motifs (C(OH)–C–C–N with tert-alkyl or cyclic N) is 1. The molecule has 0 unspecified atom stereocenters. The maximum absolute atomic E-state index is 11.3. The van der Waals surface area contributed by atoms with E-state index >= 15 is 0 Å². The summed E-state index contributed by atoms with van der Waals surface area (Å²) in [5.74, 6) is -0.882. The molecule has 3 fully saturated rings. The molecule has 158 valence electrons. The normalized spacial score (nSPS) is 26.4. The zero-order valence-electron chi connectivity index (χ0n) is 17.2. The van der Waals surface area contributed by atoms with E-state index in [2.05, 4.69) is 45.0 Å². The SMILES string of the molecule is O=C(O)c1cccc(CN2C[C@H]3C[C@@H](O)CN3C3(C2)CN(Cc2ccccc2)C3)c1. The number of rotatable bonds is 5. The van der Waals surface area contributed by atoms with Crippen molar-refractivity contribution in [3.8, 4) is 0 Å². The van der Waals surface area contributed by atoms with Gasteiger partial charge in [-0.25, -0.2) is 4.79 Å². The van der Waals surface area contributed by atoms with E-state index in [1.807, 2.05) is 12.1 Å². The molecule has 2 aromatic carbocycles. The number of likely N-dealkylation sites (tertiary alicyclic amines) is 1. The van der Waals surface area contributed by atoms with E-state index in [9.17, 15) is 15.0 Å². The molecule has 1 spiro atoms. The zero-order valence-corrected chi connectivity index (χ0v) is 17.2. The van der Waals surface area contributed by atoms with Crippen LogP contribution in [0.3, 0.4) is 0 Å². The van der Waals surface area contributed by atoms with Gasteiger partial charge in [0.15, 0.2) is 0 Å². The Bertz CT molecular complexity index is 913. The minimum absolute atomic E-state index is 0.0829. The Morgan fingerprint density at radius 2 is 1.63 bits per heavy atom. The number of aliphatic hydroxyl groups is 1. The van der Waals surface area contributed by atoms with Crippen LogP contribution in [0.1, 0.15) is 27.9 Å². The molecule has 2 atom stereocenters. The average Bonchev–Trinajstić information content (AvgIpc) is 3.08. The lowest BCUT2D eigenvalue weighted by molar-refractivity contribution is -0.118. The summed E-state index contributed by atoms with van der Waals surface area (Å²) in [4.78, 5) is 18.8. The minimum Gasteiger partial charge on any atom is -0.478 e. The lowest BCUT2D eigenvalue weighted by Crippen LogP contribution is -2.77. The van der Waals surface area contributed by atoms with Crippen molar-refractivity contribution in [2.45, 2.75) is 37.2 Å². The van der Waals surface area contributed by atoms with E-state index in [1.54, 1.807) is 12.1 Å². The third-order valence-corrected chi connectivity index (χ3v) is 6.85. The van der Waals surface area contributed by atoms with Crippen molar-refractivity contribution in [2.75, 3.05) is 32.7 Å². The number of fused-ring (bicyclic) bond motifs is 2. The van der Waals surface area contributed by atoms with Gasteiger partial charge in [0.2, 0.25) is 0 Å². The number of benzene rings is 2. The lowest BCUT2D eigenvalue weighted by atomic mass is 9.83. The molecule has 3 aliphatic rings. The number of carbonyl (C=O) groups is 1. The third kappa shape index (κ3) is 3.76. The molecule has 2 aromatic rings. The predicted molar refractivity (Wildman–Crippen MR) is 114 cm³/mol. The van der Waals surface area contributed by atoms with Crippen LogP contribution in [-0.4, -0.2) is 81.3 Å². The van der Waals surface area contributed by atoms with Crippen LogP contribution in [0.25, 0.3) is 0 Å². The first-order valence-electron chi connectivity index (χ1n) is 10.8. The van der Waals surface area contributed by atoms with Gasteiger partial charge in [-0.2, -0.15) is 0 Å². The first-order valence-corrected chi connectivity index (χ1v) is 10.8. The van der Waals surface area contributed by atoms with Gasteiger partial charge in [-0.3, -0.25) is 14.7 Å². The summed E-state index contributed by atoms with van der Waals surface area (Å²) in [5.41, 5.74) is 2.80. The molecule has 3 heterocycles. The number of aromatic carboxylic acids is 1. The molecule has 3 saturated heterocycles. The molecule has 30 heavy (non-hydrogen) atoms. The molecule has 0 saturated carbocycles. The van der Waals surface area contributed by atoms with Crippen molar-refractivity contribution >= 4 is 5.97 Å². The van der Waals surface area contributed by atoms with Crippen LogP contribution in [0.5, 0.6) is 0 Å². The van der Waals surface area contributed by atoms with E-state index in [0.29, 0.717) is 11.6 Å². The van der Waals surface area contributed by atoms with Crippen molar-refractivity contribution in [2.24, 2.45) is 0 Å². The lowest BCUT2D eigenvalue weighted by Gasteiger charge is -2.61. The molecular formula is C24H29N3O3. The maximum Gasteiger partial charge on any atom is 0.335 e. The summed E-state index contributed by atoms with van der Waals surface area (Å²) >= 11 is 0.